The average molecular weight is 270 g/mol. The van der Waals surface area contributed by atoms with Crippen molar-refractivity contribution in [2.24, 2.45) is 0 Å². The van der Waals surface area contributed by atoms with Crippen molar-refractivity contribution < 1.29 is 4.79 Å². The van der Waals surface area contributed by atoms with Crippen molar-refractivity contribution in [1.29, 1.82) is 0 Å². The number of aromatic nitrogens is 2. The number of fused-ring (bicyclic) bond motifs is 1. The number of nitrogens with one attached hydrogen (secondary N) is 2. The predicted octanol–water partition coefficient (Wildman–Crippen LogP) is 0.937. The Balaban J connectivity index is 1.98. The first-order valence-corrected chi connectivity index (χ1v) is 6.85. The molecule has 0 bridgehead atoms. The lowest BCUT2D eigenvalue weighted by atomic mass is 10.1. The molecule has 2 heterocycles. The third-order valence-corrected chi connectivity index (χ3v) is 3.62. The highest BCUT2D eigenvalue weighted by molar-refractivity contribution is 5.93. The van der Waals surface area contributed by atoms with Crippen molar-refractivity contribution >= 4 is 5.91 Å². The Morgan fingerprint density at radius 2 is 2.20 bits per heavy atom. The van der Waals surface area contributed by atoms with Crippen molar-refractivity contribution in [3.05, 3.63) is 52.8 Å². The minimum Gasteiger partial charge on any atom is -0.354 e. The van der Waals surface area contributed by atoms with Gasteiger partial charge in [0.15, 0.2) is 5.69 Å². The average Bonchev–Trinajstić information content (AvgIpc) is 2.87. The SMILES string of the molecule is CNC(=O)c1nn(Cc2ccccc2)c2c1CNCC2. The largest absolute Gasteiger partial charge is 0.354 e. The second-order valence-electron chi connectivity index (χ2n) is 4.92. The molecule has 20 heavy (non-hydrogen) atoms. The highest BCUT2D eigenvalue weighted by atomic mass is 16.1. The van der Waals surface area contributed by atoms with E-state index in [9.17, 15) is 4.79 Å². The fourth-order valence-corrected chi connectivity index (χ4v) is 2.61. The lowest BCUT2D eigenvalue weighted by Crippen LogP contribution is -2.27. The monoisotopic (exact) mass is 270 g/mol. The summed E-state index contributed by atoms with van der Waals surface area (Å²) in [4.78, 5) is 11.9. The molecule has 0 radical (unpaired) electrons. The summed E-state index contributed by atoms with van der Waals surface area (Å²) >= 11 is 0. The van der Waals surface area contributed by atoms with Crippen LogP contribution in [0.15, 0.2) is 30.3 Å². The Morgan fingerprint density at radius 3 is 2.95 bits per heavy atom. The Labute approximate surface area is 118 Å². The molecule has 2 aromatic rings. The van der Waals surface area contributed by atoms with Crippen LogP contribution in [0.5, 0.6) is 0 Å². The molecule has 3 rings (SSSR count). The Bertz CT molecular complexity index is 618. The predicted molar refractivity (Wildman–Crippen MR) is 76.6 cm³/mol. The minimum absolute atomic E-state index is 0.114. The van der Waals surface area contributed by atoms with Crippen LogP contribution in [0.2, 0.25) is 0 Å². The first-order chi connectivity index (χ1) is 9.79. The quantitative estimate of drug-likeness (QED) is 0.872. The summed E-state index contributed by atoms with van der Waals surface area (Å²) < 4.78 is 1.97. The molecule has 104 valence electrons. The smallest absolute Gasteiger partial charge is 0.271 e. The summed E-state index contributed by atoms with van der Waals surface area (Å²) in [6.45, 7) is 2.35. The van der Waals surface area contributed by atoms with Gasteiger partial charge in [0.05, 0.1) is 6.54 Å². The van der Waals surface area contributed by atoms with Gasteiger partial charge in [0.1, 0.15) is 0 Å². The Morgan fingerprint density at radius 1 is 1.40 bits per heavy atom. The lowest BCUT2D eigenvalue weighted by molar-refractivity contribution is 0.0956. The summed E-state index contributed by atoms with van der Waals surface area (Å²) in [5.41, 5.74) is 3.95. The second-order valence-corrected chi connectivity index (χ2v) is 4.92. The molecule has 1 aromatic carbocycles. The molecule has 0 atom stereocenters. The van der Waals surface area contributed by atoms with Gasteiger partial charge in [-0.1, -0.05) is 30.3 Å². The van der Waals surface area contributed by atoms with E-state index in [-0.39, 0.29) is 5.91 Å². The summed E-state index contributed by atoms with van der Waals surface area (Å²) in [7, 11) is 1.64. The first-order valence-electron chi connectivity index (χ1n) is 6.85. The minimum atomic E-state index is -0.114. The van der Waals surface area contributed by atoms with E-state index >= 15 is 0 Å². The van der Waals surface area contributed by atoms with E-state index in [1.165, 1.54) is 11.3 Å². The number of carbonyl (C=O) groups is 1. The zero-order chi connectivity index (χ0) is 13.9. The summed E-state index contributed by atoms with van der Waals surface area (Å²) in [5, 5.41) is 10.5. The van der Waals surface area contributed by atoms with Gasteiger partial charge < -0.3 is 10.6 Å². The van der Waals surface area contributed by atoms with Crippen LogP contribution in [0.4, 0.5) is 0 Å². The molecule has 0 spiro atoms. The van der Waals surface area contributed by atoms with Gasteiger partial charge in [-0.2, -0.15) is 5.10 Å². The first kappa shape index (κ1) is 12.9. The normalized spacial score (nSPS) is 13.8. The van der Waals surface area contributed by atoms with Gasteiger partial charge in [0.2, 0.25) is 0 Å². The molecule has 5 nitrogen and oxygen atoms in total. The highest BCUT2D eigenvalue weighted by Gasteiger charge is 2.24. The van der Waals surface area contributed by atoms with Crippen LogP contribution >= 0.6 is 0 Å². The van der Waals surface area contributed by atoms with E-state index in [0.717, 1.165) is 18.5 Å². The number of hydrogen-bond donors (Lipinski definition) is 2. The number of hydrogen-bond acceptors (Lipinski definition) is 3. The van der Waals surface area contributed by atoms with Crippen molar-refractivity contribution in [2.75, 3.05) is 13.6 Å². The molecule has 0 saturated carbocycles. The third kappa shape index (κ3) is 2.32. The third-order valence-electron chi connectivity index (χ3n) is 3.62. The summed E-state index contributed by atoms with van der Waals surface area (Å²) in [6, 6.07) is 10.2. The van der Waals surface area contributed by atoms with E-state index < -0.39 is 0 Å². The molecule has 0 aliphatic carbocycles. The van der Waals surface area contributed by atoms with Gasteiger partial charge in [0.25, 0.3) is 5.91 Å². The number of amides is 1. The van der Waals surface area contributed by atoms with E-state index in [1.54, 1.807) is 7.05 Å². The van der Waals surface area contributed by atoms with Crippen molar-refractivity contribution in [3.8, 4) is 0 Å². The maximum Gasteiger partial charge on any atom is 0.271 e. The van der Waals surface area contributed by atoms with E-state index in [2.05, 4.69) is 27.9 Å². The van der Waals surface area contributed by atoms with Crippen molar-refractivity contribution in [3.63, 3.8) is 0 Å². The lowest BCUT2D eigenvalue weighted by Gasteiger charge is -2.15. The van der Waals surface area contributed by atoms with Crippen LogP contribution < -0.4 is 10.6 Å². The summed E-state index contributed by atoms with van der Waals surface area (Å²) in [6.07, 6.45) is 0.909. The molecule has 1 aromatic heterocycles. The topological polar surface area (TPSA) is 59.0 Å². The second kappa shape index (κ2) is 5.46. The number of benzene rings is 1. The molecule has 1 aliphatic rings. The zero-order valence-electron chi connectivity index (χ0n) is 11.5. The molecule has 2 N–H and O–H groups in total. The highest BCUT2D eigenvalue weighted by Crippen LogP contribution is 2.19. The maximum atomic E-state index is 11.9. The van der Waals surface area contributed by atoms with Crippen LogP contribution in [0, 0.1) is 0 Å². The molecule has 1 aliphatic heterocycles. The van der Waals surface area contributed by atoms with E-state index in [1.807, 2.05) is 22.9 Å². The van der Waals surface area contributed by atoms with Crippen LogP contribution in [-0.2, 0) is 19.5 Å². The van der Waals surface area contributed by atoms with Gasteiger partial charge in [0, 0.05) is 37.8 Å². The molecular weight excluding hydrogens is 252 g/mol. The van der Waals surface area contributed by atoms with Gasteiger partial charge in [-0.3, -0.25) is 9.48 Å². The fourth-order valence-electron chi connectivity index (χ4n) is 2.61. The van der Waals surface area contributed by atoms with Crippen molar-refractivity contribution in [1.82, 2.24) is 20.4 Å². The molecule has 1 amide bonds. The fraction of sp³-hybridized carbons (Fsp3) is 0.333. The van der Waals surface area contributed by atoms with E-state index in [0.29, 0.717) is 18.8 Å². The Hall–Kier alpha value is -2.14. The zero-order valence-corrected chi connectivity index (χ0v) is 11.5. The Kier molecular flexibility index (Phi) is 3.52. The van der Waals surface area contributed by atoms with Crippen LogP contribution in [-0.4, -0.2) is 29.3 Å². The molecular formula is C15H18N4O. The molecule has 0 unspecified atom stereocenters. The van der Waals surface area contributed by atoms with Crippen LogP contribution in [0.3, 0.4) is 0 Å². The van der Waals surface area contributed by atoms with Gasteiger partial charge >= 0.3 is 0 Å². The summed E-state index contributed by atoms with van der Waals surface area (Å²) in [5.74, 6) is -0.114. The van der Waals surface area contributed by atoms with Gasteiger partial charge in [-0.15, -0.1) is 0 Å². The molecule has 0 fully saturated rings. The van der Waals surface area contributed by atoms with Gasteiger partial charge in [-0.05, 0) is 5.56 Å². The maximum absolute atomic E-state index is 11.9. The molecule has 5 heteroatoms. The van der Waals surface area contributed by atoms with Gasteiger partial charge in [-0.25, -0.2) is 0 Å². The number of carbonyl (C=O) groups excluding carboxylic acids is 1. The molecule has 0 saturated heterocycles. The standard InChI is InChI=1S/C15H18N4O/c1-16-15(20)14-12-9-17-8-7-13(12)19(18-14)10-11-5-3-2-4-6-11/h2-6,17H,7-10H2,1H3,(H,16,20). The van der Waals surface area contributed by atoms with Crippen LogP contribution in [0.25, 0.3) is 0 Å². The number of rotatable bonds is 3. The van der Waals surface area contributed by atoms with Crippen LogP contribution in [0.1, 0.15) is 27.3 Å². The van der Waals surface area contributed by atoms with E-state index in [4.69, 9.17) is 0 Å². The van der Waals surface area contributed by atoms with Crippen molar-refractivity contribution in [2.45, 2.75) is 19.5 Å². The number of nitrogens with zero attached hydrogens (tertiary/aromatic N) is 2.